The zero-order valence-electron chi connectivity index (χ0n) is 44.3. The largest absolute Gasteiger partial charge is 0.495 e. The second-order valence-corrected chi connectivity index (χ2v) is 20.2. The summed E-state index contributed by atoms with van der Waals surface area (Å²) in [5, 5.41) is 23.1. The maximum atomic E-state index is 14.9. The van der Waals surface area contributed by atoms with Gasteiger partial charge in [-0.2, -0.15) is 13.2 Å². The minimum absolute atomic E-state index is 0.0595. The zero-order chi connectivity index (χ0) is 55.1. The fourth-order valence-electron chi connectivity index (χ4n) is 9.03. The van der Waals surface area contributed by atoms with E-state index in [1.165, 1.54) is 12.0 Å². The summed E-state index contributed by atoms with van der Waals surface area (Å²) < 4.78 is 81.8. The number of allylic oxidation sites excluding steroid dienone is 4. The van der Waals surface area contributed by atoms with E-state index in [0.717, 1.165) is 38.7 Å². The van der Waals surface area contributed by atoms with Crippen molar-refractivity contribution >= 4 is 62.7 Å². The molecule has 22 heteroatoms. The molecule has 7 rings (SSSR count). The predicted octanol–water partition coefficient (Wildman–Crippen LogP) is 9.01. The Morgan fingerprint density at radius 3 is 2.43 bits per heavy atom. The summed E-state index contributed by atoms with van der Waals surface area (Å²) in [6.07, 6.45) is 2.21. The summed E-state index contributed by atoms with van der Waals surface area (Å²) in [7, 11) is 3.31. The summed E-state index contributed by atoms with van der Waals surface area (Å²) in [5.74, 6) is 6.99. The van der Waals surface area contributed by atoms with E-state index < -0.39 is 31.0 Å². The smallest absolute Gasteiger partial charge is 0.406 e. The molecule has 0 spiro atoms. The Morgan fingerprint density at radius 1 is 0.974 bits per heavy atom. The summed E-state index contributed by atoms with van der Waals surface area (Å²) in [4.78, 5) is 34.4. The highest BCUT2D eigenvalue weighted by molar-refractivity contribution is 7.15. The molecule has 2 amide bonds. The normalized spacial score (nSPS) is 16.8. The van der Waals surface area contributed by atoms with Crippen molar-refractivity contribution in [1.82, 2.24) is 34.9 Å². The van der Waals surface area contributed by atoms with Gasteiger partial charge in [0.05, 0.1) is 82.7 Å². The highest BCUT2D eigenvalue weighted by atomic mass is 35.5. The van der Waals surface area contributed by atoms with Crippen molar-refractivity contribution in [2.45, 2.75) is 84.4 Å². The number of amides is 2. The number of ether oxygens (including phenoxy) is 4. The number of carbonyl (C=O) groups is 2. The number of benzene rings is 2. The first-order chi connectivity index (χ1) is 37.0. The number of rotatable bonds is 25. The van der Waals surface area contributed by atoms with Crippen molar-refractivity contribution in [2.24, 2.45) is 4.99 Å². The minimum atomic E-state index is -4.50. The van der Waals surface area contributed by atoms with E-state index in [2.05, 4.69) is 57.2 Å². The molecule has 4 N–H and O–H groups in total. The van der Waals surface area contributed by atoms with E-state index in [0.29, 0.717) is 103 Å². The molecule has 3 atom stereocenters. The molecule has 5 heterocycles. The lowest BCUT2D eigenvalue weighted by Gasteiger charge is -2.33. The molecular formula is C55H67ClF4N10O6S. The molecule has 0 aliphatic carbocycles. The van der Waals surface area contributed by atoms with Gasteiger partial charge >= 0.3 is 6.18 Å². The summed E-state index contributed by atoms with van der Waals surface area (Å²) >= 11 is 8.01. The van der Waals surface area contributed by atoms with Crippen molar-refractivity contribution in [3.05, 3.63) is 105 Å². The first-order valence-electron chi connectivity index (χ1n) is 25.6. The molecule has 2 aliphatic rings. The number of carbonyl (C=O) groups excluding carboxylic acids is 2. The van der Waals surface area contributed by atoms with Gasteiger partial charge in [-0.3, -0.25) is 19.1 Å². The monoisotopic (exact) mass is 1110 g/mol. The first-order valence-corrected chi connectivity index (χ1v) is 26.8. The van der Waals surface area contributed by atoms with Gasteiger partial charge in [-0.1, -0.05) is 42.7 Å². The molecule has 77 heavy (non-hydrogen) atoms. The van der Waals surface area contributed by atoms with Gasteiger partial charge in [0.25, 0.3) is 5.91 Å². The second-order valence-electron chi connectivity index (χ2n) is 18.6. The maximum absolute atomic E-state index is 14.9. The number of alkyl halides is 4. The van der Waals surface area contributed by atoms with E-state index in [1.54, 1.807) is 53.8 Å². The third kappa shape index (κ3) is 15.9. The first kappa shape index (κ1) is 58.4. The number of halogens is 5. The number of nitrogens with one attached hydrogen (secondary N) is 4. The number of aryl methyl sites for hydroxylation is 2. The van der Waals surface area contributed by atoms with Crippen molar-refractivity contribution in [3.63, 3.8) is 0 Å². The lowest BCUT2D eigenvalue weighted by molar-refractivity contribution is -0.140. The Labute approximate surface area is 455 Å². The molecule has 2 aliphatic heterocycles. The number of likely N-dealkylation sites (tertiary alicyclic amines) is 1. The average Bonchev–Trinajstić information content (AvgIpc) is 4.03. The fourth-order valence-corrected chi connectivity index (χ4v) is 10.5. The van der Waals surface area contributed by atoms with Crippen LogP contribution in [-0.2, 0) is 25.5 Å². The molecule has 0 saturated carbocycles. The van der Waals surface area contributed by atoms with Gasteiger partial charge < -0.3 is 49.7 Å². The lowest BCUT2D eigenvalue weighted by atomic mass is 10.0. The average molecular weight is 1110 g/mol. The third-order valence-corrected chi connectivity index (χ3v) is 14.4. The highest BCUT2D eigenvalue weighted by Crippen LogP contribution is 2.39. The molecule has 0 radical (unpaired) electrons. The van der Waals surface area contributed by atoms with Crippen LogP contribution in [0.2, 0.25) is 0 Å². The standard InChI is InChI=1S/C55H67ClF4N10O6S/c1-7-11-39(56)12-8-15-46-51-35(2)36(3)77-54(51)70-37(4)66-67-52(70)47(65-46)32-50(71)62-21-24-74-26-28-76-29-27-75-25-22-63-53(72)38-17-18-45(49(30-38)73-6)61-20-10-13-40-31-41-43(64-44-19-23-68(5)33-42(44)57)14-9-16-48(41)69(40)34-55(58,59)60/h8-9,11-12,14,16-18,30-31,42,44,47,61,64H,7,15,19-29,32-34H2,1-6H3,(H,62,71)(H,63,72)/b12-8-,39-11+/t42-,44+,47-/m0/s1. The van der Waals surface area contributed by atoms with Crippen molar-refractivity contribution < 1.29 is 46.1 Å². The molecule has 1 saturated heterocycles. The van der Waals surface area contributed by atoms with Crippen molar-refractivity contribution in [2.75, 3.05) is 97.2 Å². The third-order valence-electron chi connectivity index (χ3n) is 12.9. The van der Waals surface area contributed by atoms with Gasteiger partial charge in [0, 0.05) is 70.4 Å². The van der Waals surface area contributed by atoms with Crippen LogP contribution in [0.25, 0.3) is 15.9 Å². The van der Waals surface area contributed by atoms with E-state index in [-0.39, 0.29) is 50.2 Å². The van der Waals surface area contributed by atoms with Crippen molar-refractivity contribution in [1.29, 1.82) is 0 Å². The molecule has 0 bridgehead atoms. The number of piperidine rings is 1. The van der Waals surface area contributed by atoms with Crippen LogP contribution in [-0.4, -0.2) is 147 Å². The number of fused-ring (bicyclic) bond motifs is 4. The molecule has 2 aromatic carbocycles. The van der Waals surface area contributed by atoms with Gasteiger partial charge in [0.2, 0.25) is 5.91 Å². The van der Waals surface area contributed by atoms with Crippen molar-refractivity contribution in [3.8, 4) is 22.6 Å². The topological polar surface area (TPSA) is 170 Å². The number of aromatic nitrogens is 4. The molecule has 16 nitrogen and oxygen atoms in total. The van der Waals surface area contributed by atoms with Gasteiger partial charge in [-0.25, -0.2) is 4.39 Å². The lowest BCUT2D eigenvalue weighted by Crippen LogP contribution is -2.46. The number of methoxy groups -OCH3 is 1. The van der Waals surface area contributed by atoms with E-state index in [9.17, 15) is 27.2 Å². The molecule has 1 fully saturated rings. The number of hydrogen-bond donors (Lipinski definition) is 4. The van der Waals surface area contributed by atoms with Crippen LogP contribution < -0.4 is 26.0 Å². The number of hydrogen-bond acceptors (Lipinski definition) is 13. The SMILES string of the molecule is CC/C=C(Cl)\C=C/CC1=N[C@@H](CC(=O)NCCOCCOCCOCCNC(=O)c2ccc(NCC#Cc3cc4c(N[C@@H]5CCN(C)C[C@@H]5F)cccc4n3CC(F)(F)F)c(OC)c2)c2nnc(C)n2-c2sc(C)c(C)c21. The van der Waals surface area contributed by atoms with Gasteiger partial charge in [0.1, 0.15) is 35.3 Å². The van der Waals surface area contributed by atoms with Gasteiger partial charge in [-0.05, 0) is 94.6 Å². The predicted molar refractivity (Wildman–Crippen MR) is 294 cm³/mol. The molecule has 5 aromatic rings. The van der Waals surface area contributed by atoms with E-state index in [4.69, 9.17) is 35.5 Å². The fraction of sp³-hybridized carbons (Fsp3) is 0.473. The van der Waals surface area contributed by atoms with E-state index in [1.807, 2.05) is 48.6 Å². The quantitative estimate of drug-likeness (QED) is 0.0190. The zero-order valence-corrected chi connectivity index (χ0v) is 45.8. The summed E-state index contributed by atoms with van der Waals surface area (Å²) in [6.45, 7) is 10.3. The number of anilines is 2. The molecule has 3 aromatic heterocycles. The van der Waals surface area contributed by atoms with E-state index >= 15 is 0 Å². The molecule has 0 unspecified atom stereocenters. The summed E-state index contributed by atoms with van der Waals surface area (Å²) in [5.41, 5.74) is 4.97. The van der Waals surface area contributed by atoms with Crippen LogP contribution in [0.5, 0.6) is 5.75 Å². The highest BCUT2D eigenvalue weighted by Gasteiger charge is 2.33. The van der Waals surface area contributed by atoms with Gasteiger partial charge in [0.15, 0.2) is 5.82 Å². The molecular weight excluding hydrogens is 1040 g/mol. The Morgan fingerprint density at radius 2 is 1.71 bits per heavy atom. The number of thiophene rings is 1. The maximum Gasteiger partial charge on any atom is 0.406 e. The Kier molecular flexibility index (Phi) is 21.1. The van der Waals surface area contributed by atoms with Crippen LogP contribution in [0.3, 0.4) is 0 Å². The number of nitrogens with zero attached hydrogens (tertiary/aromatic N) is 6. The second kappa shape index (κ2) is 27.9. The van der Waals surface area contributed by atoms with Gasteiger partial charge in [-0.15, -0.1) is 21.5 Å². The van der Waals surface area contributed by atoms with Crippen LogP contribution in [0.4, 0.5) is 28.9 Å². The van der Waals surface area contributed by atoms with Crippen LogP contribution >= 0.6 is 22.9 Å². The number of aliphatic imine (C=N–C) groups is 1. The van der Waals surface area contributed by atoms with Crippen LogP contribution in [0, 0.1) is 32.6 Å². The Hall–Kier alpha value is -6.28. The Balaban J connectivity index is 0.784. The Bertz CT molecular complexity index is 3000. The van der Waals surface area contributed by atoms with Crippen LogP contribution in [0.1, 0.15) is 82.4 Å². The minimum Gasteiger partial charge on any atom is -0.495 e. The molecule has 414 valence electrons. The van der Waals surface area contributed by atoms with Crippen LogP contribution in [0.15, 0.2) is 70.7 Å². The summed E-state index contributed by atoms with van der Waals surface area (Å²) in [6, 6.07) is 10.4.